The molecule has 13 heavy (non-hydrogen) atoms. The minimum absolute atomic E-state index is 0.683. The molecular weight excluding hydrogens is 200 g/mol. The number of aliphatic imine (C=N–C) groups is 1. The number of hydrogen-bond acceptors (Lipinski definition) is 4. The summed E-state index contributed by atoms with van der Waals surface area (Å²) in [7, 11) is 0. The van der Waals surface area contributed by atoms with Gasteiger partial charge in [0.1, 0.15) is 0 Å². The maximum Gasteiger partial charge on any atom is 0.156 e. The van der Waals surface area contributed by atoms with E-state index in [9.17, 15) is 0 Å². The highest BCUT2D eigenvalue weighted by atomic mass is 32.2. The van der Waals surface area contributed by atoms with E-state index in [1.54, 1.807) is 0 Å². The Morgan fingerprint density at radius 1 is 1.31 bits per heavy atom. The van der Waals surface area contributed by atoms with Gasteiger partial charge in [0.2, 0.25) is 0 Å². The third kappa shape index (κ3) is 3.09. The molecule has 74 valence electrons. The Kier molecular flexibility index (Phi) is 3.85. The Hall–Kier alpha value is 0.170. The van der Waals surface area contributed by atoms with E-state index in [-0.39, 0.29) is 0 Å². The van der Waals surface area contributed by atoms with Gasteiger partial charge in [0.25, 0.3) is 0 Å². The van der Waals surface area contributed by atoms with Crippen LogP contribution in [0.15, 0.2) is 4.99 Å². The lowest BCUT2D eigenvalue weighted by molar-refractivity contribution is 0.595. The van der Waals surface area contributed by atoms with Crippen molar-refractivity contribution in [1.29, 1.82) is 0 Å². The molecule has 0 aromatic carbocycles. The second-order valence-electron chi connectivity index (χ2n) is 3.45. The fourth-order valence-corrected chi connectivity index (χ4v) is 3.55. The number of nitrogens with zero attached hydrogens (tertiary/aromatic N) is 1. The summed E-state index contributed by atoms with van der Waals surface area (Å²) in [5, 5.41) is 4.74. The Labute approximate surface area is 88.3 Å². The monoisotopic (exact) mass is 216 g/mol. The summed E-state index contributed by atoms with van der Waals surface area (Å²) >= 11 is 3.95. The van der Waals surface area contributed by atoms with Gasteiger partial charge in [-0.15, -0.1) is 0 Å². The number of amidine groups is 1. The summed E-state index contributed by atoms with van der Waals surface area (Å²) in [6.07, 6.45) is 3.93. The number of rotatable bonds is 1. The average Bonchev–Trinajstić information content (AvgIpc) is 2.21. The maximum atomic E-state index is 4.48. The van der Waals surface area contributed by atoms with Gasteiger partial charge in [0, 0.05) is 24.1 Å². The smallest absolute Gasteiger partial charge is 0.156 e. The average molecular weight is 216 g/mol. The van der Waals surface area contributed by atoms with Crippen LogP contribution in [0.3, 0.4) is 0 Å². The van der Waals surface area contributed by atoms with Gasteiger partial charge in [-0.25, -0.2) is 0 Å². The molecule has 0 aromatic heterocycles. The molecule has 0 aromatic rings. The standard InChI is InChI=1S/C9H16N2S2/c1-3-8(7-12-5-1)11-9-10-4-2-6-13-9/h8H,1-7H2,(H,10,11). The molecule has 2 rings (SSSR count). The van der Waals surface area contributed by atoms with Crippen LogP contribution in [-0.2, 0) is 0 Å². The van der Waals surface area contributed by atoms with E-state index in [1.165, 1.54) is 41.7 Å². The fourth-order valence-electron chi connectivity index (χ4n) is 1.58. The zero-order valence-electron chi connectivity index (χ0n) is 7.79. The van der Waals surface area contributed by atoms with Gasteiger partial charge in [-0.2, -0.15) is 11.8 Å². The van der Waals surface area contributed by atoms with Crippen LogP contribution in [0.1, 0.15) is 19.3 Å². The van der Waals surface area contributed by atoms with E-state index in [1.807, 2.05) is 11.8 Å². The molecular formula is C9H16N2S2. The SMILES string of the molecule is C1CN=C(NC2CCCSC2)SC1. The minimum Gasteiger partial charge on any atom is -0.361 e. The van der Waals surface area contributed by atoms with Crippen molar-refractivity contribution < 1.29 is 0 Å². The summed E-state index contributed by atoms with van der Waals surface area (Å²) < 4.78 is 0. The van der Waals surface area contributed by atoms with Crippen molar-refractivity contribution in [2.45, 2.75) is 25.3 Å². The molecule has 0 saturated carbocycles. The van der Waals surface area contributed by atoms with Gasteiger partial charge < -0.3 is 5.32 Å². The Bertz CT molecular complexity index is 188. The lowest BCUT2D eigenvalue weighted by Crippen LogP contribution is -2.38. The minimum atomic E-state index is 0.683. The topological polar surface area (TPSA) is 24.4 Å². The lowest BCUT2D eigenvalue weighted by Gasteiger charge is -2.25. The normalized spacial score (nSPS) is 29.5. The van der Waals surface area contributed by atoms with Crippen LogP contribution in [0.5, 0.6) is 0 Å². The van der Waals surface area contributed by atoms with Crippen molar-refractivity contribution in [2.75, 3.05) is 23.8 Å². The van der Waals surface area contributed by atoms with Crippen LogP contribution in [0.25, 0.3) is 0 Å². The van der Waals surface area contributed by atoms with Crippen molar-refractivity contribution >= 4 is 28.7 Å². The first-order valence-electron chi connectivity index (χ1n) is 4.97. The fraction of sp³-hybridized carbons (Fsp3) is 0.889. The first kappa shape index (κ1) is 9.71. The molecule has 0 amide bonds. The molecule has 2 aliphatic rings. The first-order chi connectivity index (χ1) is 6.45. The van der Waals surface area contributed by atoms with Gasteiger partial charge in [-0.3, -0.25) is 4.99 Å². The highest BCUT2D eigenvalue weighted by molar-refractivity contribution is 8.13. The van der Waals surface area contributed by atoms with Crippen LogP contribution >= 0.6 is 23.5 Å². The van der Waals surface area contributed by atoms with Crippen LogP contribution in [0.4, 0.5) is 0 Å². The number of thioether (sulfide) groups is 2. The van der Waals surface area contributed by atoms with E-state index in [0.29, 0.717) is 6.04 Å². The highest BCUT2D eigenvalue weighted by Crippen LogP contribution is 2.19. The van der Waals surface area contributed by atoms with Crippen LogP contribution in [0, 0.1) is 0 Å². The Morgan fingerprint density at radius 2 is 2.31 bits per heavy atom. The van der Waals surface area contributed by atoms with Gasteiger partial charge in [0.15, 0.2) is 5.17 Å². The molecule has 1 saturated heterocycles. The molecule has 0 aliphatic carbocycles. The summed E-state index contributed by atoms with van der Waals surface area (Å²) in [5.41, 5.74) is 0. The molecule has 1 fully saturated rings. The Balaban J connectivity index is 1.78. The van der Waals surface area contributed by atoms with E-state index >= 15 is 0 Å². The molecule has 0 radical (unpaired) electrons. The van der Waals surface area contributed by atoms with Gasteiger partial charge in [-0.05, 0) is 25.0 Å². The van der Waals surface area contributed by atoms with E-state index in [2.05, 4.69) is 22.1 Å². The molecule has 2 heterocycles. The molecule has 1 atom stereocenters. The van der Waals surface area contributed by atoms with Gasteiger partial charge >= 0.3 is 0 Å². The largest absolute Gasteiger partial charge is 0.361 e. The molecule has 4 heteroatoms. The second-order valence-corrected chi connectivity index (χ2v) is 5.68. The number of nitrogens with one attached hydrogen (secondary N) is 1. The molecule has 1 unspecified atom stereocenters. The summed E-state index contributed by atoms with van der Waals surface area (Å²) in [4.78, 5) is 4.48. The Morgan fingerprint density at radius 3 is 3.00 bits per heavy atom. The third-order valence-electron chi connectivity index (χ3n) is 2.28. The molecule has 2 nitrogen and oxygen atoms in total. The van der Waals surface area contributed by atoms with Crippen molar-refractivity contribution in [3.8, 4) is 0 Å². The molecule has 0 bridgehead atoms. The van der Waals surface area contributed by atoms with Crippen molar-refractivity contribution in [2.24, 2.45) is 4.99 Å². The van der Waals surface area contributed by atoms with Gasteiger partial charge in [-0.1, -0.05) is 11.8 Å². The molecule has 0 spiro atoms. The van der Waals surface area contributed by atoms with Crippen LogP contribution in [-0.4, -0.2) is 35.0 Å². The lowest BCUT2D eigenvalue weighted by atomic mass is 10.2. The van der Waals surface area contributed by atoms with Crippen LogP contribution < -0.4 is 5.32 Å². The summed E-state index contributed by atoms with van der Waals surface area (Å²) in [6.45, 7) is 1.02. The summed E-state index contributed by atoms with van der Waals surface area (Å²) in [6, 6.07) is 0.683. The zero-order chi connectivity index (χ0) is 8.93. The summed E-state index contributed by atoms with van der Waals surface area (Å²) in [5.74, 6) is 3.85. The molecule has 1 N–H and O–H groups in total. The van der Waals surface area contributed by atoms with Crippen LogP contribution in [0.2, 0.25) is 0 Å². The van der Waals surface area contributed by atoms with E-state index < -0.39 is 0 Å². The zero-order valence-corrected chi connectivity index (χ0v) is 9.42. The predicted molar refractivity (Wildman–Crippen MR) is 62.9 cm³/mol. The number of hydrogen-bond donors (Lipinski definition) is 1. The van der Waals surface area contributed by atoms with Gasteiger partial charge in [0.05, 0.1) is 0 Å². The van der Waals surface area contributed by atoms with Crippen molar-refractivity contribution in [3.63, 3.8) is 0 Å². The third-order valence-corrected chi connectivity index (χ3v) is 4.51. The highest BCUT2D eigenvalue weighted by Gasteiger charge is 2.15. The van der Waals surface area contributed by atoms with E-state index in [4.69, 9.17) is 0 Å². The van der Waals surface area contributed by atoms with E-state index in [0.717, 1.165) is 6.54 Å². The maximum absolute atomic E-state index is 4.48. The quantitative estimate of drug-likeness (QED) is 0.725. The first-order valence-corrected chi connectivity index (χ1v) is 7.11. The van der Waals surface area contributed by atoms with Crippen molar-refractivity contribution in [3.05, 3.63) is 0 Å². The molecule has 2 aliphatic heterocycles. The van der Waals surface area contributed by atoms with Crippen molar-refractivity contribution in [1.82, 2.24) is 5.32 Å². The second kappa shape index (κ2) is 5.15. The predicted octanol–water partition coefficient (Wildman–Crippen LogP) is 1.96.